The van der Waals surface area contributed by atoms with E-state index in [-0.39, 0.29) is 9.92 Å². The molecule has 19 heavy (non-hydrogen) atoms. The van der Waals surface area contributed by atoms with Gasteiger partial charge < -0.3 is 4.74 Å². The Bertz CT molecular complexity index is 628. The minimum absolute atomic E-state index is 0.125. The molecular formula is C14H15NO3S. The Morgan fingerprint density at radius 2 is 1.79 bits per heavy atom. The maximum absolute atomic E-state index is 12.5. The van der Waals surface area contributed by atoms with Crippen molar-refractivity contribution >= 4 is 9.84 Å². The Morgan fingerprint density at radius 3 is 2.32 bits per heavy atom. The van der Waals surface area contributed by atoms with Gasteiger partial charge in [0.1, 0.15) is 0 Å². The predicted octanol–water partition coefficient (Wildman–Crippen LogP) is 2.71. The van der Waals surface area contributed by atoms with Gasteiger partial charge in [0.25, 0.3) is 5.03 Å². The number of ether oxygens (including phenoxy) is 1. The number of hydrogen-bond acceptors (Lipinski definition) is 3. The third-order valence-corrected chi connectivity index (χ3v) is 4.87. The van der Waals surface area contributed by atoms with Crippen molar-refractivity contribution in [1.82, 2.24) is 0 Å². The monoisotopic (exact) mass is 277 g/mol. The normalized spacial score (nSPS) is 15.9. The molecule has 1 saturated heterocycles. The van der Waals surface area contributed by atoms with Gasteiger partial charge in [-0.15, -0.1) is 0 Å². The van der Waals surface area contributed by atoms with E-state index in [4.69, 9.17) is 11.3 Å². The van der Waals surface area contributed by atoms with Crippen LogP contribution in [0, 0.1) is 13.5 Å². The molecule has 100 valence electrons. The fraction of sp³-hybridized carbons (Fsp3) is 0.357. The summed E-state index contributed by atoms with van der Waals surface area (Å²) in [5, 5.41) is -0.125. The molecule has 2 rings (SSSR count). The molecule has 1 aliphatic rings. The molecule has 0 radical (unpaired) electrons. The summed E-state index contributed by atoms with van der Waals surface area (Å²) in [6, 6.07) is 6.58. The minimum Gasteiger partial charge on any atom is -0.381 e. The first kappa shape index (κ1) is 13.8. The lowest BCUT2D eigenvalue weighted by molar-refractivity contribution is 0.119. The highest BCUT2D eigenvalue weighted by atomic mass is 32.2. The third-order valence-electron chi connectivity index (χ3n) is 3.09. The summed E-state index contributed by atoms with van der Waals surface area (Å²) in [5.41, 5.74) is 1.67. The van der Waals surface area contributed by atoms with E-state index in [1.165, 1.54) is 0 Å². The fourth-order valence-corrected chi connectivity index (χ4v) is 3.41. The van der Waals surface area contributed by atoms with Crippen molar-refractivity contribution in [2.45, 2.75) is 24.7 Å². The van der Waals surface area contributed by atoms with Crippen molar-refractivity contribution in [3.8, 4) is 0 Å². The van der Waals surface area contributed by atoms with Crippen molar-refractivity contribution in [2.24, 2.45) is 0 Å². The lowest BCUT2D eigenvalue weighted by atomic mass is 10.1. The quantitative estimate of drug-likeness (QED) is 0.781. The molecule has 1 aromatic carbocycles. The maximum Gasteiger partial charge on any atom is 0.282 e. The SMILES string of the molecule is [C-]#[N+]C(=C1CCOCC1)S(=O)(=O)c1ccc(C)cc1. The van der Waals surface area contributed by atoms with E-state index in [0.29, 0.717) is 31.6 Å². The van der Waals surface area contributed by atoms with E-state index < -0.39 is 9.84 Å². The average Bonchev–Trinajstić information content (AvgIpc) is 2.41. The molecule has 1 aromatic rings. The zero-order valence-corrected chi connectivity index (χ0v) is 11.5. The zero-order valence-electron chi connectivity index (χ0n) is 10.7. The molecule has 1 heterocycles. The van der Waals surface area contributed by atoms with Crippen LogP contribution in [0.3, 0.4) is 0 Å². The fourth-order valence-electron chi connectivity index (χ4n) is 1.99. The van der Waals surface area contributed by atoms with Crippen molar-refractivity contribution in [3.63, 3.8) is 0 Å². The van der Waals surface area contributed by atoms with Crippen LogP contribution in [0.1, 0.15) is 18.4 Å². The van der Waals surface area contributed by atoms with Crippen LogP contribution in [0.4, 0.5) is 0 Å². The summed E-state index contributed by atoms with van der Waals surface area (Å²) >= 11 is 0. The Hall–Kier alpha value is -1.64. The van der Waals surface area contributed by atoms with Crippen molar-refractivity contribution in [3.05, 3.63) is 51.8 Å². The van der Waals surface area contributed by atoms with Crippen LogP contribution < -0.4 is 0 Å². The van der Waals surface area contributed by atoms with E-state index in [1.54, 1.807) is 24.3 Å². The lowest BCUT2D eigenvalue weighted by Gasteiger charge is -2.16. The second kappa shape index (κ2) is 5.55. The molecule has 0 N–H and O–H groups in total. The summed E-state index contributed by atoms with van der Waals surface area (Å²) in [5.74, 6) is 0. The average molecular weight is 277 g/mol. The van der Waals surface area contributed by atoms with Crippen molar-refractivity contribution in [2.75, 3.05) is 13.2 Å². The molecule has 0 aromatic heterocycles. The molecule has 0 aliphatic carbocycles. The van der Waals surface area contributed by atoms with Gasteiger partial charge in [0, 0.05) is 13.2 Å². The molecule has 0 atom stereocenters. The molecule has 0 bridgehead atoms. The number of aryl methyl sites for hydroxylation is 1. The van der Waals surface area contributed by atoms with E-state index in [2.05, 4.69) is 4.85 Å². The highest BCUT2D eigenvalue weighted by molar-refractivity contribution is 7.95. The van der Waals surface area contributed by atoms with Gasteiger partial charge >= 0.3 is 0 Å². The predicted molar refractivity (Wildman–Crippen MR) is 72.0 cm³/mol. The number of sulfone groups is 1. The van der Waals surface area contributed by atoms with Crippen molar-refractivity contribution in [1.29, 1.82) is 0 Å². The van der Waals surface area contributed by atoms with E-state index in [0.717, 1.165) is 5.56 Å². The first-order valence-corrected chi connectivity index (χ1v) is 7.53. The van der Waals surface area contributed by atoms with Gasteiger partial charge in [0.2, 0.25) is 9.84 Å². The number of benzene rings is 1. The topological polar surface area (TPSA) is 47.7 Å². The highest BCUT2D eigenvalue weighted by Crippen LogP contribution is 2.28. The van der Waals surface area contributed by atoms with Gasteiger partial charge in [-0.1, -0.05) is 17.7 Å². The molecule has 0 unspecified atom stereocenters. The number of nitrogens with zero attached hydrogens (tertiary/aromatic N) is 1. The highest BCUT2D eigenvalue weighted by Gasteiger charge is 2.26. The van der Waals surface area contributed by atoms with Gasteiger partial charge in [-0.3, -0.25) is 0 Å². The van der Waals surface area contributed by atoms with E-state index in [9.17, 15) is 8.42 Å². The van der Waals surface area contributed by atoms with E-state index in [1.807, 2.05) is 6.92 Å². The number of rotatable bonds is 2. The summed E-state index contributed by atoms with van der Waals surface area (Å²) in [4.78, 5) is 3.45. The second-order valence-electron chi connectivity index (χ2n) is 4.45. The number of hydrogen-bond donors (Lipinski definition) is 0. The smallest absolute Gasteiger partial charge is 0.282 e. The van der Waals surface area contributed by atoms with E-state index >= 15 is 0 Å². The van der Waals surface area contributed by atoms with Gasteiger partial charge in [-0.25, -0.2) is 13.3 Å². The first-order chi connectivity index (χ1) is 9.05. The van der Waals surface area contributed by atoms with Gasteiger partial charge in [0.05, 0.1) is 11.5 Å². The third kappa shape index (κ3) is 2.86. The molecule has 0 amide bonds. The molecule has 4 nitrogen and oxygen atoms in total. The van der Waals surface area contributed by atoms with Crippen LogP contribution in [-0.2, 0) is 14.6 Å². The Labute approximate surface area is 113 Å². The molecular weight excluding hydrogens is 262 g/mol. The minimum atomic E-state index is -3.70. The summed E-state index contributed by atoms with van der Waals surface area (Å²) in [7, 11) is -3.70. The Balaban J connectivity index is 2.48. The molecule has 0 saturated carbocycles. The first-order valence-electron chi connectivity index (χ1n) is 6.04. The van der Waals surface area contributed by atoms with Gasteiger partial charge in [-0.05, 0) is 37.5 Å². The molecule has 1 fully saturated rings. The Morgan fingerprint density at radius 1 is 1.21 bits per heavy atom. The van der Waals surface area contributed by atoms with Crippen LogP contribution >= 0.6 is 0 Å². The molecule has 5 heteroatoms. The van der Waals surface area contributed by atoms with Crippen LogP contribution in [0.15, 0.2) is 39.8 Å². The zero-order chi connectivity index (χ0) is 13.9. The van der Waals surface area contributed by atoms with Gasteiger partial charge in [-0.2, -0.15) is 0 Å². The second-order valence-corrected chi connectivity index (χ2v) is 6.31. The van der Waals surface area contributed by atoms with Crippen LogP contribution in [0.25, 0.3) is 4.85 Å². The molecule has 0 spiro atoms. The largest absolute Gasteiger partial charge is 0.381 e. The summed E-state index contributed by atoms with van der Waals surface area (Å²) < 4.78 is 30.1. The summed E-state index contributed by atoms with van der Waals surface area (Å²) in [6.45, 7) is 10.1. The van der Waals surface area contributed by atoms with Crippen molar-refractivity contribution < 1.29 is 13.2 Å². The standard InChI is InChI=1S/C14H15NO3S/c1-11-3-5-13(6-4-11)19(16,17)14(15-2)12-7-9-18-10-8-12/h3-6H,7-10H2,1H3. The Kier molecular flexibility index (Phi) is 4.03. The van der Waals surface area contributed by atoms with Crippen LogP contribution in [-0.4, -0.2) is 21.6 Å². The maximum atomic E-state index is 12.5. The van der Waals surface area contributed by atoms with Crippen LogP contribution in [0.5, 0.6) is 0 Å². The molecule has 1 aliphatic heterocycles. The van der Waals surface area contributed by atoms with Crippen LogP contribution in [0.2, 0.25) is 0 Å². The summed E-state index contributed by atoms with van der Waals surface area (Å²) in [6.07, 6.45) is 1.03. The lowest BCUT2D eigenvalue weighted by Crippen LogP contribution is -2.13. The van der Waals surface area contributed by atoms with Gasteiger partial charge in [0.15, 0.2) is 0 Å².